The average Bonchev–Trinajstić information content (AvgIpc) is 2.59. The molecular weight excluding hydrogens is 364 g/mol. The van der Waals surface area contributed by atoms with Crippen molar-refractivity contribution in [3.05, 3.63) is 22.8 Å². The number of hydrogen-bond donors (Lipinski definition) is 3. The van der Waals surface area contributed by atoms with Crippen LogP contribution in [0.25, 0.3) is 0 Å². The highest BCUT2D eigenvalue weighted by Gasteiger charge is 2.27. The monoisotopic (exact) mass is 383 g/mol. The van der Waals surface area contributed by atoms with E-state index in [1.54, 1.807) is 6.92 Å². The Balaban J connectivity index is 2.45. The Bertz CT molecular complexity index is 738. The maximum atomic E-state index is 12.5. The van der Waals surface area contributed by atoms with Gasteiger partial charge in [0.05, 0.1) is 24.7 Å². The van der Waals surface area contributed by atoms with Crippen LogP contribution in [-0.2, 0) is 20.1 Å². The molecule has 0 aliphatic carbocycles. The molecule has 0 bridgehead atoms. The number of benzene rings is 1. The maximum Gasteiger partial charge on any atom is 0.339 e. The molecule has 2 atom stereocenters. The molecule has 4 N–H and O–H groups in total. The Kier molecular flexibility index (Phi) is 6.32. The summed E-state index contributed by atoms with van der Waals surface area (Å²) in [6, 6.07) is -1.13. The number of carboxylic acids is 1. The van der Waals surface area contributed by atoms with Gasteiger partial charge in [-0.1, -0.05) is 0 Å². The molecule has 0 saturated carbocycles. The summed E-state index contributed by atoms with van der Waals surface area (Å²) >= 11 is 1.10. The summed E-state index contributed by atoms with van der Waals surface area (Å²) in [5.41, 5.74) is 6.49. The van der Waals surface area contributed by atoms with Crippen LogP contribution in [0, 0.1) is 6.92 Å². The Labute approximate surface area is 153 Å². The van der Waals surface area contributed by atoms with Crippen molar-refractivity contribution in [1.29, 1.82) is 0 Å². The van der Waals surface area contributed by atoms with E-state index < -0.39 is 36.5 Å². The van der Waals surface area contributed by atoms with Crippen LogP contribution in [0.2, 0.25) is 0 Å². The van der Waals surface area contributed by atoms with Crippen molar-refractivity contribution < 1.29 is 34.1 Å². The van der Waals surface area contributed by atoms with Crippen molar-refractivity contribution in [2.75, 3.05) is 19.5 Å². The third-order valence-electron chi connectivity index (χ3n) is 3.91. The summed E-state index contributed by atoms with van der Waals surface area (Å²) < 4.78 is 10.2. The predicted molar refractivity (Wildman–Crippen MR) is 90.8 cm³/mol. The molecule has 2 rings (SSSR count). The van der Waals surface area contributed by atoms with E-state index in [1.165, 1.54) is 13.2 Å². The third-order valence-corrected chi connectivity index (χ3v) is 4.97. The molecule has 0 fully saturated rings. The smallest absolute Gasteiger partial charge is 0.339 e. The quantitative estimate of drug-likeness (QED) is 0.528. The third kappa shape index (κ3) is 4.20. The van der Waals surface area contributed by atoms with Gasteiger partial charge in [-0.2, -0.15) is 11.8 Å². The second kappa shape index (κ2) is 8.28. The predicted octanol–water partition coefficient (Wildman–Crippen LogP) is -1.33. The second-order valence-electron chi connectivity index (χ2n) is 5.68. The van der Waals surface area contributed by atoms with Crippen molar-refractivity contribution >= 4 is 29.6 Å². The fourth-order valence-electron chi connectivity index (χ4n) is 2.47. The van der Waals surface area contributed by atoms with Gasteiger partial charge in [-0.3, -0.25) is 4.79 Å². The molecule has 9 nitrogen and oxygen atoms in total. The highest BCUT2D eigenvalue weighted by molar-refractivity contribution is 7.98. The summed E-state index contributed by atoms with van der Waals surface area (Å²) in [5, 5.41) is 23.7. The Morgan fingerprint density at radius 2 is 2.19 bits per heavy atom. The molecule has 1 aliphatic heterocycles. The van der Waals surface area contributed by atoms with Crippen LogP contribution in [0.4, 0.5) is 0 Å². The van der Waals surface area contributed by atoms with Crippen LogP contribution in [0.5, 0.6) is 11.5 Å². The number of nitrogens with one attached hydrogen (secondary N) is 1. The zero-order valence-electron chi connectivity index (χ0n) is 14.2. The molecule has 1 aliphatic rings. The number of hydrogen-bond acceptors (Lipinski definition) is 9. The van der Waals surface area contributed by atoms with E-state index in [-0.39, 0.29) is 28.4 Å². The van der Waals surface area contributed by atoms with Crippen molar-refractivity contribution in [3.63, 3.8) is 0 Å². The summed E-state index contributed by atoms with van der Waals surface area (Å²) in [5.74, 6) is -2.77. The largest absolute Gasteiger partial charge is 0.548 e. The van der Waals surface area contributed by atoms with Crippen LogP contribution in [0.15, 0.2) is 6.07 Å². The molecule has 0 spiro atoms. The number of phenolic OH excluding ortho intramolecular Hbond substituents is 1. The number of nitrogens with two attached hydrogens (primary N) is 1. The number of thioether (sulfide) groups is 1. The van der Waals surface area contributed by atoms with Gasteiger partial charge >= 0.3 is 5.97 Å². The first-order valence-corrected chi connectivity index (χ1v) is 8.82. The van der Waals surface area contributed by atoms with Gasteiger partial charge in [0.25, 0.3) is 0 Å². The normalized spacial score (nSPS) is 21.5. The zero-order valence-corrected chi connectivity index (χ0v) is 15.1. The van der Waals surface area contributed by atoms with Crippen LogP contribution in [0.1, 0.15) is 21.5 Å². The van der Waals surface area contributed by atoms with Gasteiger partial charge in [0.2, 0.25) is 5.91 Å². The van der Waals surface area contributed by atoms with Gasteiger partial charge in [-0.25, -0.2) is 4.79 Å². The molecule has 0 aromatic heterocycles. The Morgan fingerprint density at radius 1 is 1.50 bits per heavy atom. The molecule has 0 saturated heterocycles. The highest BCUT2D eigenvalue weighted by Crippen LogP contribution is 2.35. The van der Waals surface area contributed by atoms with E-state index in [0.717, 1.165) is 11.8 Å². The summed E-state index contributed by atoms with van der Waals surface area (Å²) in [4.78, 5) is 35.6. The Hall–Kier alpha value is -2.46. The molecule has 26 heavy (non-hydrogen) atoms. The van der Waals surface area contributed by atoms with Gasteiger partial charge in [-0.15, -0.1) is 0 Å². The lowest BCUT2D eigenvalue weighted by molar-refractivity contribution is -0.307. The standard InChI is InChI=1S/C16H20N2O7S/c1-7-12(24-2)3-11(19)8-5-26-6-10(15(21)22)18-14(20)9(17)4-25-16(23)13(7)8/h3,9-10,19H,4-6,17H2,1-2H3,(H,18,20)(H,21,22)/p-1/t9-,10-/m0/s1. The number of carbonyl (C=O) groups is 3. The first-order valence-electron chi connectivity index (χ1n) is 7.67. The van der Waals surface area contributed by atoms with E-state index in [2.05, 4.69) is 5.32 Å². The van der Waals surface area contributed by atoms with E-state index in [0.29, 0.717) is 11.3 Å². The highest BCUT2D eigenvalue weighted by atomic mass is 32.2. The molecule has 0 unspecified atom stereocenters. The number of carboxylic acid groups (broad SMARTS) is 1. The molecule has 1 aromatic carbocycles. The molecule has 1 aromatic rings. The number of cyclic esters (lactones) is 1. The zero-order chi connectivity index (χ0) is 19.4. The van der Waals surface area contributed by atoms with Crippen LogP contribution in [0.3, 0.4) is 0 Å². The minimum Gasteiger partial charge on any atom is -0.548 e. The van der Waals surface area contributed by atoms with Crippen molar-refractivity contribution in [2.45, 2.75) is 24.8 Å². The number of aliphatic carboxylic acids is 1. The van der Waals surface area contributed by atoms with Gasteiger partial charge in [-0.05, 0) is 6.92 Å². The van der Waals surface area contributed by atoms with E-state index >= 15 is 0 Å². The van der Waals surface area contributed by atoms with Crippen LogP contribution in [-0.4, -0.2) is 54.5 Å². The fourth-order valence-corrected chi connectivity index (χ4v) is 3.54. The number of rotatable bonds is 2. The number of methoxy groups -OCH3 is 1. The summed E-state index contributed by atoms with van der Waals surface area (Å²) in [6.45, 7) is 1.18. The average molecular weight is 383 g/mol. The van der Waals surface area contributed by atoms with E-state index in [1.807, 2.05) is 0 Å². The number of fused-ring (bicyclic) bond motifs is 1. The van der Waals surface area contributed by atoms with Gasteiger partial charge in [0.1, 0.15) is 24.1 Å². The lowest BCUT2D eigenvalue weighted by Crippen LogP contribution is -2.54. The first-order chi connectivity index (χ1) is 12.3. The van der Waals surface area contributed by atoms with Crippen molar-refractivity contribution in [3.8, 4) is 11.5 Å². The van der Waals surface area contributed by atoms with Crippen molar-refractivity contribution in [2.24, 2.45) is 5.73 Å². The maximum absolute atomic E-state index is 12.5. The number of ether oxygens (including phenoxy) is 2. The van der Waals surface area contributed by atoms with Gasteiger partial charge < -0.3 is 35.5 Å². The number of amides is 1. The first kappa shape index (κ1) is 19.9. The van der Waals surface area contributed by atoms with Crippen LogP contribution >= 0.6 is 11.8 Å². The minimum absolute atomic E-state index is 0.0280. The number of phenols is 1. The van der Waals surface area contributed by atoms with E-state index in [4.69, 9.17) is 15.2 Å². The minimum atomic E-state index is -1.46. The molecule has 10 heteroatoms. The van der Waals surface area contributed by atoms with E-state index in [9.17, 15) is 24.6 Å². The fraction of sp³-hybridized carbons (Fsp3) is 0.438. The topological polar surface area (TPSA) is 151 Å². The summed E-state index contributed by atoms with van der Waals surface area (Å²) in [6.07, 6.45) is 0. The molecule has 142 valence electrons. The summed E-state index contributed by atoms with van der Waals surface area (Å²) in [7, 11) is 1.40. The van der Waals surface area contributed by atoms with Gasteiger partial charge in [0.15, 0.2) is 0 Å². The van der Waals surface area contributed by atoms with Crippen molar-refractivity contribution in [1.82, 2.24) is 5.32 Å². The molecule has 0 radical (unpaired) electrons. The number of esters is 1. The molecular formula is C16H19N2O7S-. The second-order valence-corrected chi connectivity index (χ2v) is 6.71. The Morgan fingerprint density at radius 3 is 2.81 bits per heavy atom. The van der Waals surface area contributed by atoms with Gasteiger partial charge in [0, 0.05) is 28.7 Å². The SMILES string of the molecule is COc1cc(O)c2c(c1C)C(=O)OC[C@H](N)C(=O)N[C@H](C(=O)[O-])CSC2. The molecule has 1 amide bonds. The molecule has 1 heterocycles. The lowest BCUT2D eigenvalue weighted by Gasteiger charge is -2.23. The number of aromatic hydroxyl groups is 1. The lowest BCUT2D eigenvalue weighted by atomic mass is 10.0. The number of carbonyl (C=O) groups excluding carboxylic acids is 3. The van der Waals surface area contributed by atoms with Crippen LogP contribution < -0.4 is 20.9 Å².